The summed E-state index contributed by atoms with van der Waals surface area (Å²) in [6.07, 6.45) is 3.25. The number of amides is 2. The predicted octanol–water partition coefficient (Wildman–Crippen LogP) is 1.65. The molecule has 0 radical (unpaired) electrons. The van der Waals surface area contributed by atoms with Gasteiger partial charge in [0.2, 0.25) is 5.91 Å². The molecule has 114 valence electrons. The summed E-state index contributed by atoms with van der Waals surface area (Å²) in [5.74, 6) is 0.423. The van der Waals surface area contributed by atoms with Crippen LogP contribution in [0.5, 0.6) is 0 Å². The first-order valence-electron chi connectivity index (χ1n) is 7.48. The maximum atomic E-state index is 12.1. The molecule has 0 spiro atoms. The molecule has 0 bridgehead atoms. The number of nitrogens with zero attached hydrogens (tertiary/aromatic N) is 1. The fourth-order valence-electron chi connectivity index (χ4n) is 2.52. The van der Waals surface area contributed by atoms with Crippen LogP contribution in [-0.2, 0) is 4.79 Å². The number of carbonyl (C=O) groups excluding carboxylic acids is 2. The Kier molecular flexibility index (Phi) is 5.20. The molecule has 2 amide bonds. The molecule has 1 heterocycles. The number of hydrogen-bond acceptors (Lipinski definition) is 3. The van der Waals surface area contributed by atoms with E-state index < -0.39 is 0 Å². The number of nitrogens with two attached hydrogens (primary N) is 1. The van der Waals surface area contributed by atoms with Crippen LogP contribution >= 0.6 is 0 Å². The number of hydrogen-bond donors (Lipinski definition) is 2. The van der Waals surface area contributed by atoms with Gasteiger partial charge in [0.25, 0.3) is 5.91 Å². The van der Waals surface area contributed by atoms with E-state index in [9.17, 15) is 9.59 Å². The van der Waals surface area contributed by atoms with Gasteiger partial charge in [0.1, 0.15) is 0 Å². The molecule has 1 fully saturated rings. The molecule has 0 aromatic heterocycles. The lowest BCUT2D eigenvalue weighted by atomic mass is 10.0. The molecule has 1 unspecified atom stereocenters. The maximum Gasteiger partial charge on any atom is 0.251 e. The second-order valence-electron chi connectivity index (χ2n) is 5.72. The van der Waals surface area contributed by atoms with Crippen molar-refractivity contribution in [2.45, 2.75) is 26.2 Å². The van der Waals surface area contributed by atoms with Crippen molar-refractivity contribution in [3.8, 4) is 0 Å². The molecule has 0 aliphatic carbocycles. The monoisotopic (exact) mass is 289 g/mol. The highest BCUT2D eigenvalue weighted by Gasteiger charge is 2.18. The average molecular weight is 289 g/mol. The lowest BCUT2D eigenvalue weighted by Crippen LogP contribution is -2.40. The molecule has 3 N–H and O–H groups in total. The molecule has 1 aliphatic heterocycles. The first-order valence-corrected chi connectivity index (χ1v) is 7.48. The molecule has 1 aliphatic rings. The Bertz CT molecular complexity index is 499. The SMILES string of the molecule is CC1CCCN(C(=O)CNC(=O)c2ccc(N)cc2)CC1. The van der Waals surface area contributed by atoms with Gasteiger partial charge in [-0.3, -0.25) is 9.59 Å². The number of carbonyl (C=O) groups is 2. The molecule has 1 aromatic carbocycles. The molecular formula is C16H23N3O2. The second kappa shape index (κ2) is 7.11. The van der Waals surface area contributed by atoms with Crippen LogP contribution in [-0.4, -0.2) is 36.3 Å². The van der Waals surface area contributed by atoms with Gasteiger partial charge in [0, 0.05) is 24.3 Å². The smallest absolute Gasteiger partial charge is 0.251 e. The Morgan fingerprint density at radius 2 is 1.95 bits per heavy atom. The zero-order valence-electron chi connectivity index (χ0n) is 12.5. The van der Waals surface area contributed by atoms with Crippen LogP contribution in [0.15, 0.2) is 24.3 Å². The van der Waals surface area contributed by atoms with E-state index in [2.05, 4.69) is 12.2 Å². The summed E-state index contributed by atoms with van der Waals surface area (Å²) in [4.78, 5) is 25.9. The van der Waals surface area contributed by atoms with E-state index in [0.29, 0.717) is 17.2 Å². The van der Waals surface area contributed by atoms with E-state index in [4.69, 9.17) is 5.73 Å². The lowest BCUT2D eigenvalue weighted by Gasteiger charge is -2.20. The predicted molar refractivity (Wildman–Crippen MR) is 82.8 cm³/mol. The summed E-state index contributed by atoms with van der Waals surface area (Å²) in [6, 6.07) is 6.66. The van der Waals surface area contributed by atoms with E-state index >= 15 is 0 Å². The quantitative estimate of drug-likeness (QED) is 0.831. The third-order valence-electron chi connectivity index (χ3n) is 3.94. The van der Waals surface area contributed by atoms with Gasteiger partial charge in [-0.25, -0.2) is 0 Å². The van der Waals surface area contributed by atoms with Crippen LogP contribution in [0.1, 0.15) is 36.5 Å². The van der Waals surface area contributed by atoms with Gasteiger partial charge in [0.15, 0.2) is 0 Å². The minimum absolute atomic E-state index is 0.00658. The number of nitrogen functional groups attached to an aromatic ring is 1. The lowest BCUT2D eigenvalue weighted by molar-refractivity contribution is -0.130. The molecule has 5 heteroatoms. The summed E-state index contributed by atoms with van der Waals surface area (Å²) in [5, 5.41) is 2.68. The van der Waals surface area contributed by atoms with E-state index in [1.807, 2.05) is 4.90 Å². The summed E-state index contributed by atoms with van der Waals surface area (Å²) < 4.78 is 0. The van der Waals surface area contributed by atoms with Gasteiger partial charge in [-0.05, 0) is 49.4 Å². The van der Waals surface area contributed by atoms with Crippen molar-refractivity contribution in [1.29, 1.82) is 0 Å². The van der Waals surface area contributed by atoms with Crippen molar-refractivity contribution in [1.82, 2.24) is 10.2 Å². The molecule has 0 saturated carbocycles. The minimum Gasteiger partial charge on any atom is -0.399 e. The van der Waals surface area contributed by atoms with Gasteiger partial charge >= 0.3 is 0 Å². The summed E-state index contributed by atoms with van der Waals surface area (Å²) in [5.41, 5.74) is 6.71. The third kappa shape index (κ3) is 4.48. The van der Waals surface area contributed by atoms with Gasteiger partial charge in [0.05, 0.1) is 6.54 Å². The first kappa shape index (κ1) is 15.4. The Morgan fingerprint density at radius 3 is 2.67 bits per heavy atom. The van der Waals surface area contributed by atoms with Crippen molar-refractivity contribution in [2.24, 2.45) is 5.92 Å². The van der Waals surface area contributed by atoms with Crippen molar-refractivity contribution < 1.29 is 9.59 Å². The molecular weight excluding hydrogens is 266 g/mol. The van der Waals surface area contributed by atoms with Crippen LogP contribution in [0.2, 0.25) is 0 Å². The molecule has 5 nitrogen and oxygen atoms in total. The Hall–Kier alpha value is -2.04. The molecule has 2 rings (SSSR count). The molecule has 1 saturated heterocycles. The van der Waals surface area contributed by atoms with Crippen molar-refractivity contribution in [3.63, 3.8) is 0 Å². The summed E-state index contributed by atoms with van der Waals surface area (Å²) in [7, 11) is 0. The van der Waals surface area contributed by atoms with Crippen LogP contribution in [0, 0.1) is 5.92 Å². The Labute approximate surface area is 125 Å². The van der Waals surface area contributed by atoms with Crippen LogP contribution < -0.4 is 11.1 Å². The van der Waals surface area contributed by atoms with Crippen LogP contribution in [0.25, 0.3) is 0 Å². The van der Waals surface area contributed by atoms with Crippen molar-refractivity contribution in [3.05, 3.63) is 29.8 Å². The standard InChI is InChI=1S/C16H23N3O2/c1-12-3-2-9-19(10-8-12)15(20)11-18-16(21)13-4-6-14(17)7-5-13/h4-7,12H,2-3,8-11,17H2,1H3,(H,18,21). The number of rotatable bonds is 3. The summed E-state index contributed by atoms with van der Waals surface area (Å²) in [6.45, 7) is 3.85. The van der Waals surface area contributed by atoms with Gasteiger partial charge < -0.3 is 16.0 Å². The molecule has 21 heavy (non-hydrogen) atoms. The zero-order chi connectivity index (χ0) is 15.2. The van der Waals surface area contributed by atoms with Crippen molar-refractivity contribution >= 4 is 17.5 Å². The number of likely N-dealkylation sites (tertiary alicyclic amines) is 1. The fraction of sp³-hybridized carbons (Fsp3) is 0.500. The van der Waals surface area contributed by atoms with Gasteiger partial charge in [-0.1, -0.05) is 6.92 Å². The van der Waals surface area contributed by atoms with E-state index in [1.165, 1.54) is 6.42 Å². The van der Waals surface area contributed by atoms with Gasteiger partial charge in [-0.15, -0.1) is 0 Å². The number of anilines is 1. The molecule has 1 aromatic rings. The van der Waals surface area contributed by atoms with Crippen molar-refractivity contribution in [2.75, 3.05) is 25.4 Å². The highest BCUT2D eigenvalue weighted by atomic mass is 16.2. The third-order valence-corrected chi connectivity index (χ3v) is 3.94. The maximum absolute atomic E-state index is 12.1. The first-order chi connectivity index (χ1) is 10.1. The topological polar surface area (TPSA) is 75.4 Å². The summed E-state index contributed by atoms with van der Waals surface area (Å²) >= 11 is 0. The highest BCUT2D eigenvalue weighted by Crippen LogP contribution is 2.16. The highest BCUT2D eigenvalue weighted by molar-refractivity contribution is 5.96. The number of benzene rings is 1. The Balaban J connectivity index is 1.83. The van der Waals surface area contributed by atoms with Crippen LogP contribution in [0.3, 0.4) is 0 Å². The molecule has 1 atom stereocenters. The van der Waals surface area contributed by atoms with Crippen LogP contribution in [0.4, 0.5) is 5.69 Å². The fourth-order valence-corrected chi connectivity index (χ4v) is 2.52. The largest absolute Gasteiger partial charge is 0.399 e. The second-order valence-corrected chi connectivity index (χ2v) is 5.72. The van der Waals surface area contributed by atoms with Gasteiger partial charge in [-0.2, -0.15) is 0 Å². The number of nitrogens with one attached hydrogen (secondary N) is 1. The Morgan fingerprint density at radius 1 is 1.24 bits per heavy atom. The minimum atomic E-state index is -0.244. The van der Waals surface area contributed by atoms with E-state index in [1.54, 1.807) is 24.3 Å². The van der Waals surface area contributed by atoms with E-state index in [-0.39, 0.29) is 18.4 Å². The normalized spacial score (nSPS) is 18.9. The van der Waals surface area contributed by atoms with E-state index in [0.717, 1.165) is 25.9 Å². The average Bonchev–Trinajstić information content (AvgIpc) is 2.70. The zero-order valence-corrected chi connectivity index (χ0v) is 12.5.